The van der Waals surface area contributed by atoms with Crippen LogP contribution >= 0.6 is 0 Å². The Morgan fingerprint density at radius 1 is 1.22 bits per heavy atom. The largest absolute Gasteiger partial charge is 0.454 e. The van der Waals surface area contributed by atoms with Gasteiger partial charge in [0.05, 0.1) is 11.8 Å². The number of hydrogen-bond donors (Lipinski definition) is 2. The number of aliphatic hydroxyl groups excluding tert-OH is 1. The van der Waals surface area contributed by atoms with Crippen molar-refractivity contribution in [3.63, 3.8) is 0 Å². The van der Waals surface area contributed by atoms with E-state index in [9.17, 15) is 5.11 Å². The number of nitrogens with one attached hydrogen (secondary N) is 1. The minimum Gasteiger partial charge on any atom is -0.454 e. The van der Waals surface area contributed by atoms with E-state index in [1.165, 1.54) is 0 Å². The van der Waals surface area contributed by atoms with Gasteiger partial charge < -0.3 is 19.9 Å². The quantitative estimate of drug-likeness (QED) is 0.722. The van der Waals surface area contributed by atoms with E-state index < -0.39 is 6.23 Å². The van der Waals surface area contributed by atoms with Crippen LogP contribution in [0.4, 0.5) is 5.69 Å². The van der Waals surface area contributed by atoms with E-state index >= 15 is 0 Å². The summed E-state index contributed by atoms with van der Waals surface area (Å²) < 4.78 is 12.3. The number of aliphatic hydroxyl groups is 1. The van der Waals surface area contributed by atoms with Gasteiger partial charge in [0.25, 0.3) is 0 Å². The molecule has 0 saturated heterocycles. The average Bonchev–Trinajstić information content (AvgIpc) is 3.12. The molecule has 0 saturated carbocycles. The zero-order valence-corrected chi connectivity index (χ0v) is 12.8. The Hall–Kier alpha value is -2.80. The number of anilines is 1. The number of fused-ring (bicyclic) bond motifs is 2. The number of ether oxygens (including phenoxy) is 2. The smallest absolute Gasteiger partial charge is 0.231 e. The van der Waals surface area contributed by atoms with Crippen molar-refractivity contribution in [3.8, 4) is 11.5 Å². The molecule has 1 unspecified atom stereocenters. The molecule has 2 aromatic heterocycles. The predicted octanol–water partition coefficient (Wildman–Crippen LogP) is 2.18. The van der Waals surface area contributed by atoms with Gasteiger partial charge in [-0.05, 0) is 32.0 Å². The van der Waals surface area contributed by atoms with Gasteiger partial charge in [-0.25, -0.2) is 9.50 Å². The third-order valence-electron chi connectivity index (χ3n) is 3.78. The van der Waals surface area contributed by atoms with E-state index in [2.05, 4.69) is 15.4 Å². The number of rotatable bonds is 3. The van der Waals surface area contributed by atoms with E-state index in [1.807, 2.05) is 26.0 Å². The second kappa shape index (κ2) is 5.13. The highest BCUT2D eigenvalue weighted by Gasteiger charge is 2.18. The zero-order valence-electron chi connectivity index (χ0n) is 12.8. The van der Waals surface area contributed by atoms with Gasteiger partial charge >= 0.3 is 0 Å². The first-order valence-electron chi connectivity index (χ1n) is 7.28. The van der Waals surface area contributed by atoms with Crippen molar-refractivity contribution in [1.82, 2.24) is 14.6 Å². The molecule has 7 heteroatoms. The van der Waals surface area contributed by atoms with E-state index in [1.54, 1.807) is 22.8 Å². The van der Waals surface area contributed by atoms with Crippen LogP contribution in [0, 0.1) is 13.8 Å². The fourth-order valence-electron chi connectivity index (χ4n) is 2.70. The van der Waals surface area contributed by atoms with Gasteiger partial charge in [-0.15, -0.1) is 0 Å². The van der Waals surface area contributed by atoms with Crippen molar-refractivity contribution < 1.29 is 14.6 Å². The van der Waals surface area contributed by atoms with Crippen molar-refractivity contribution in [2.45, 2.75) is 20.1 Å². The maximum absolute atomic E-state index is 10.5. The van der Waals surface area contributed by atoms with Gasteiger partial charge in [0.15, 0.2) is 23.4 Å². The summed E-state index contributed by atoms with van der Waals surface area (Å²) in [6, 6.07) is 7.37. The lowest BCUT2D eigenvalue weighted by Gasteiger charge is -2.13. The van der Waals surface area contributed by atoms with Crippen LogP contribution in [0.1, 0.15) is 23.2 Å². The summed E-state index contributed by atoms with van der Waals surface area (Å²) in [6.07, 6.45) is 0.695. The first-order chi connectivity index (χ1) is 11.1. The molecule has 0 fully saturated rings. The summed E-state index contributed by atoms with van der Waals surface area (Å²) in [6.45, 7) is 4.09. The molecule has 23 heavy (non-hydrogen) atoms. The lowest BCUT2D eigenvalue weighted by atomic mass is 10.2. The number of benzene rings is 1. The number of aromatic nitrogens is 3. The number of nitrogens with zero attached hydrogens (tertiary/aromatic N) is 3. The van der Waals surface area contributed by atoms with Crippen LogP contribution in [0.25, 0.3) is 5.65 Å². The van der Waals surface area contributed by atoms with E-state index in [4.69, 9.17) is 9.47 Å². The molecule has 1 aliphatic heterocycles. The number of hydrogen-bond acceptors (Lipinski definition) is 6. The second-order valence-electron chi connectivity index (χ2n) is 5.49. The predicted molar refractivity (Wildman–Crippen MR) is 83.6 cm³/mol. The lowest BCUT2D eigenvalue weighted by molar-refractivity contribution is 0.174. The highest BCUT2D eigenvalue weighted by molar-refractivity contribution is 5.58. The summed E-state index contributed by atoms with van der Waals surface area (Å²) in [7, 11) is 0. The molecule has 7 nitrogen and oxygen atoms in total. The maximum Gasteiger partial charge on any atom is 0.231 e. The molecule has 0 amide bonds. The summed E-state index contributed by atoms with van der Waals surface area (Å²) in [4.78, 5) is 4.47. The SMILES string of the molecule is Cc1cc(C)n2ncc(C(O)Nc3ccc4c(c3)OCO4)c2n1. The molecule has 3 aromatic rings. The summed E-state index contributed by atoms with van der Waals surface area (Å²) >= 11 is 0. The van der Waals surface area contributed by atoms with Gasteiger partial charge in [0.1, 0.15) is 0 Å². The maximum atomic E-state index is 10.5. The molecule has 1 aromatic carbocycles. The van der Waals surface area contributed by atoms with Crippen LogP contribution in [0.15, 0.2) is 30.5 Å². The molecule has 0 spiro atoms. The van der Waals surface area contributed by atoms with Gasteiger partial charge in [-0.2, -0.15) is 5.10 Å². The Labute approximate surface area is 132 Å². The normalized spacial score (nSPS) is 14.2. The van der Waals surface area contributed by atoms with Crippen molar-refractivity contribution in [1.29, 1.82) is 0 Å². The minimum atomic E-state index is -0.929. The van der Waals surface area contributed by atoms with Gasteiger partial charge in [0.2, 0.25) is 6.79 Å². The van der Waals surface area contributed by atoms with Crippen molar-refractivity contribution >= 4 is 11.3 Å². The van der Waals surface area contributed by atoms with Crippen LogP contribution in [-0.2, 0) is 0 Å². The monoisotopic (exact) mass is 312 g/mol. The van der Waals surface area contributed by atoms with Crippen molar-refractivity contribution in [2.75, 3.05) is 12.1 Å². The van der Waals surface area contributed by atoms with E-state index in [-0.39, 0.29) is 6.79 Å². The Kier molecular flexibility index (Phi) is 3.09. The fourth-order valence-corrected chi connectivity index (χ4v) is 2.70. The molecule has 0 aliphatic carbocycles. The van der Waals surface area contributed by atoms with Crippen LogP contribution < -0.4 is 14.8 Å². The third-order valence-corrected chi connectivity index (χ3v) is 3.78. The minimum absolute atomic E-state index is 0.220. The highest BCUT2D eigenvalue weighted by Crippen LogP contribution is 2.35. The van der Waals surface area contributed by atoms with Crippen LogP contribution in [0.2, 0.25) is 0 Å². The Morgan fingerprint density at radius 3 is 2.91 bits per heavy atom. The topological polar surface area (TPSA) is 80.9 Å². The number of aryl methyl sites for hydroxylation is 2. The molecular formula is C16H16N4O3. The summed E-state index contributed by atoms with van der Waals surface area (Å²) in [5, 5.41) is 17.8. The first-order valence-corrected chi connectivity index (χ1v) is 7.28. The average molecular weight is 312 g/mol. The molecular weight excluding hydrogens is 296 g/mol. The van der Waals surface area contributed by atoms with Gasteiger partial charge in [0, 0.05) is 23.1 Å². The summed E-state index contributed by atoms with van der Waals surface area (Å²) in [5.74, 6) is 1.36. The van der Waals surface area contributed by atoms with Crippen LogP contribution in [-0.4, -0.2) is 26.5 Å². The Balaban J connectivity index is 1.66. The molecule has 4 rings (SSSR count). The molecule has 118 valence electrons. The van der Waals surface area contributed by atoms with Crippen LogP contribution in [0.5, 0.6) is 11.5 Å². The van der Waals surface area contributed by atoms with Gasteiger partial charge in [-0.1, -0.05) is 0 Å². The van der Waals surface area contributed by atoms with E-state index in [0.29, 0.717) is 22.7 Å². The van der Waals surface area contributed by atoms with E-state index in [0.717, 1.165) is 17.1 Å². The molecule has 1 atom stereocenters. The third kappa shape index (κ3) is 2.35. The Morgan fingerprint density at radius 2 is 2.04 bits per heavy atom. The second-order valence-corrected chi connectivity index (χ2v) is 5.49. The fraction of sp³-hybridized carbons (Fsp3) is 0.250. The Bertz CT molecular complexity index is 890. The summed E-state index contributed by atoms with van der Waals surface area (Å²) in [5.41, 5.74) is 3.84. The van der Waals surface area contributed by atoms with Gasteiger partial charge in [-0.3, -0.25) is 0 Å². The zero-order chi connectivity index (χ0) is 16.0. The molecule has 0 bridgehead atoms. The lowest BCUT2D eigenvalue weighted by Crippen LogP contribution is -2.10. The highest BCUT2D eigenvalue weighted by atomic mass is 16.7. The van der Waals surface area contributed by atoms with Crippen molar-refractivity contribution in [3.05, 3.63) is 47.4 Å². The molecule has 0 radical (unpaired) electrons. The van der Waals surface area contributed by atoms with Crippen molar-refractivity contribution in [2.24, 2.45) is 0 Å². The van der Waals surface area contributed by atoms with Crippen LogP contribution in [0.3, 0.4) is 0 Å². The molecule has 1 aliphatic rings. The first kappa shape index (κ1) is 13.8. The molecule has 3 heterocycles. The standard InChI is InChI=1S/C16H16N4O3/c1-9-5-10(2)20-15(18-9)12(7-17-20)16(21)19-11-3-4-13-14(6-11)23-8-22-13/h3-7,16,19,21H,8H2,1-2H3. The molecule has 2 N–H and O–H groups in total.